The highest BCUT2D eigenvalue weighted by molar-refractivity contribution is 6.31. The molecule has 0 aliphatic heterocycles. The SMILES string of the molecule is CCn1ncc(Cl)c1C(O)C1CC(C)=CC(C)C1. The summed E-state index contributed by atoms with van der Waals surface area (Å²) in [5.74, 6) is 0.764. The Kier molecular flexibility index (Phi) is 4.13. The zero-order valence-electron chi connectivity index (χ0n) is 11.2. The molecule has 4 heteroatoms. The minimum atomic E-state index is -0.522. The van der Waals surface area contributed by atoms with Crippen molar-refractivity contribution in [1.29, 1.82) is 0 Å². The predicted molar refractivity (Wildman–Crippen MR) is 73.5 cm³/mol. The molecule has 0 saturated carbocycles. The maximum Gasteiger partial charge on any atom is 0.100 e. The molecule has 1 heterocycles. The third-order valence-electron chi connectivity index (χ3n) is 3.69. The first-order valence-corrected chi connectivity index (χ1v) is 6.97. The zero-order chi connectivity index (χ0) is 13.3. The lowest BCUT2D eigenvalue weighted by molar-refractivity contribution is 0.0850. The van der Waals surface area contributed by atoms with Crippen LogP contribution in [0.5, 0.6) is 0 Å². The van der Waals surface area contributed by atoms with Crippen molar-refractivity contribution in [3.05, 3.63) is 28.6 Å². The molecule has 1 aliphatic rings. The van der Waals surface area contributed by atoms with Gasteiger partial charge in [0.1, 0.15) is 6.10 Å². The van der Waals surface area contributed by atoms with Gasteiger partial charge in [-0.2, -0.15) is 5.10 Å². The van der Waals surface area contributed by atoms with E-state index in [1.807, 2.05) is 6.92 Å². The summed E-state index contributed by atoms with van der Waals surface area (Å²) < 4.78 is 1.80. The summed E-state index contributed by atoms with van der Waals surface area (Å²) in [6.07, 6.45) is 5.34. The molecule has 1 aromatic rings. The first-order chi connectivity index (χ1) is 8.52. The molecule has 18 heavy (non-hydrogen) atoms. The molecule has 0 bridgehead atoms. The van der Waals surface area contributed by atoms with Crippen molar-refractivity contribution in [2.75, 3.05) is 0 Å². The molecular weight excluding hydrogens is 248 g/mol. The van der Waals surface area contributed by atoms with Gasteiger partial charge in [0, 0.05) is 6.54 Å². The summed E-state index contributed by atoms with van der Waals surface area (Å²) in [6.45, 7) is 7.07. The van der Waals surface area contributed by atoms with Crippen molar-refractivity contribution in [2.24, 2.45) is 11.8 Å². The highest BCUT2D eigenvalue weighted by Crippen LogP contribution is 2.38. The Morgan fingerprint density at radius 1 is 1.61 bits per heavy atom. The number of hydrogen-bond acceptors (Lipinski definition) is 2. The lowest BCUT2D eigenvalue weighted by Gasteiger charge is -2.29. The van der Waals surface area contributed by atoms with E-state index in [1.54, 1.807) is 10.9 Å². The second-order valence-corrected chi connectivity index (χ2v) is 5.74. The van der Waals surface area contributed by atoms with Crippen LogP contribution in [-0.4, -0.2) is 14.9 Å². The standard InChI is InChI=1S/C14H21ClN2O/c1-4-17-13(12(15)8-16-17)14(18)11-6-9(2)5-10(3)7-11/h5,8-9,11,14,18H,4,6-7H2,1-3H3. The first kappa shape index (κ1) is 13.6. The lowest BCUT2D eigenvalue weighted by Crippen LogP contribution is -2.22. The van der Waals surface area contributed by atoms with Crippen LogP contribution >= 0.6 is 11.6 Å². The molecule has 1 aliphatic carbocycles. The minimum Gasteiger partial charge on any atom is -0.386 e. The number of rotatable bonds is 3. The molecular formula is C14H21ClN2O. The lowest BCUT2D eigenvalue weighted by atomic mass is 9.80. The smallest absolute Gasteiger partial charge is 0.100 e. The third-order valence-corrected chi connectivity index (χ3v) is 3.98. The number of halogens is 1. The molecule has 100 valence electrons. The Hall–Kier alpha value is -0.800. The van der Waals surface area contributed by atoms with E-state index in [2.05, 4.69) is 25.0 Å². The number of aliphatic hydroxyl groups excluding tert-OH is 1. The molecule has 1 aromatic heterocycles. The van der Waals surface area contributed by atoms with Gasteiger partial charge < -0.3 is 5.11 Å². The minimum absolute atomic E-state index is 0.240. The van der Waals surface area contributed by atoms with Crippen LogP contribution in [0.15, 0.2) is 17.8 Å². The highest BCUT2D eigenvalue weighted by atomic mass is 35.5. The van der Waals surface area contributed by atoms with Gasteiger partial charge in [-0.15, -0.1) is 0 Å². The van der Waals surface area contributed by atoms with Crippen LogP contribution < -0.4 is 0 Å². The maximum atomic E-state index is 10.6. The number of aryl methyl sites for hydroxylation is 1. The number of hydrogen-bond donors (Lipinski definition) is 1. The quantitative estimate of drug-likeness (QED) is 0.851. The van der Waals surface area contributed by atoms with Gasteiger partial charge in [-0.25, -0.2) is 0 Å². The maximum absolute atomic E-state index is 10.6. The molecule has 1 N–H and O–H groups in total. The van der Waals surface area contributed by atoms with Gasteiger partial charge in [-0.3, -0.25) is 4.68 Å². The summed E-state index contributed by atoms with van der Waals surface area (Å²) in [5, 5.41) is 15.4. The monoisotopic (exact) mass is 268 g/mol. The molecule has 0 fully saturated rings. The van der Waals surface area contributed by atoms with Gasteiger partial charge in [-0.1, -0.05) is 30.2 Å². The zero-order valence-corrected chi connectivity index (χ0v) is 12.0. The van der Waals surface area contributed by atoms with Gasteiger partial charge in [0.25, 0.3) is 0 Å². The van der Waals surface area contributed by atoms with Crippen LogP contribution in [0.3, 0.4) is 0 Å². The molecule has 3 atom stereocenters. The number of aromatic nitrogens is 2. The van der Waals surface area contributed by atoms with Crippen LogP contribution in [0.25, 0.3) is 0 Å². The van der Waals surface area contributed by atoms with Crippen molar-refractivity contribution >= 4 is 11.6 Å². The Bertz CT molecular complexity index is 453. The molecule has 0 radical (unpaired) electrons. The molecule has 0 spiro atoms. The van der Waals surface area contributed by atoms with Gasteiger partial charge in [0.2, 0.25) is 0 Å². The average Bonchev–Trinajstić information content (AvgIpc) is 2.68. The number of nitrogens with zero attached hydrogens (tertiary/aromatic N) is 2. The van der Waals surface area contributed by atoms with Crippen LogP contribution in [0.1, 0.15) is 45.4 Å². The summed E-state index contributed by atoms with van der Waals surface area (Å²) in [6, 6.07) is 0. The van der Waals surface area contributed by atoms with E-state index in [4.69, 9.17) is 11.6 Å². The Labute approximate surface area is 113 Å². The van der Waals surface area contributed by atoms with Crippen LogP contribution in [0, 0.1) is 11.8 Å². The van der Waals surface area contributed by atoms with E-state index in [1.165, 1.54) is 5.57 Å². The highest BCUT2D eigenvalue weighted by Gasteiger charge is 2.29. The molecule has 0 saturated heterocycles. The fourth-order valence-electron chi connectivity index (χ4n) is 2.98. The summed E-state index contributed by atoms with van der Waals surface area (Å²) in [7, 11) is 0. The van der Waals surface area contributed by atoms with E-state index in [0.29, 0.717) is 10.9 Å². The molecule has 0 aromatic carbocycles. The van der Waals surface area contributed by atoms with E-state index in [0.717, 1.165) is 25.1 Å². The van der Waals surface area contributed by atoms with Gasteiger partial charge in [0.05, 0.1) is 16.9 Å². The third kappa shape index (κ3) is 2.62. The fourth-order valence-corrected chi connectivity index (χ4v) is 3.23. The second-order valence-electron chi connectivity index (χ2n) is 5.33. The average molecular weight is 269 g/mol. The Morgan fingerprint density at radius 3 is 2.94 bits per heavy atom. The van der Waals surface area contributed by atoms with Gasteiger partial charge in [0.15, 0.2) is 0 Å². The Balaban J connectivity index is 2.23. The van der Waals surface area contributed by atoms with Crippen molar-refractivity contribution in [3.63, 3.8) is 0 Å². The summed E-state index contributed by atoms with van der Waals surface area (Å²) >= 11 is 6.15. The van der Waals surface area contributed by atoms with E-state index >= 15 is 0 Å². The van der Waals surface area contributed by atoms with Crippen LogP contribution in [0.4, 0.5) is 0 Å². The largest absolute Gasteiger partial charge is 0.386 e. The molecule has 0 amide bonds. The van der Waals surface area contributed by atoms with E-state index in [-0.39, 0.29) is 5.92 Å². The van der Waals surface area contributed by atoms with Crippen molar-refractivity contribution in [3.8, 4) is 0 Å². The second kappa shape index (κ2) is 5.45. The molecule has 3 nitrogen and oxygen atoms in total. The van der Waals surface area contributed by atoms with Crippen LogP contribution in [0.2, 0.25) is 5.02 Å². The fraction of sp³-hybridized carbons (Fsp3) is 0.643. The normalized spacial score (nSPS) is 25.9. The van der Waals surface area contributed by atoms with Crippen LogP contribution in [-0.2, 0) is 6.54 Å². The first-order valence-electron chi connectivity index (χ1n) is 6.59. The van der Waals surface area contributed by atoms with Crippen molar-refractivity contribution in [2.45, 2.75) is 46.3 Å². The Morgan fingerprint density at radius 2 is 2.33 bits per heavy atom. The van der Waals surface area contributed by atoms with Crippen molar-refractivity contribution < 1.29 is 5.11 Å². The predicted octanol–water partition coefficient (Wildman–Crippen LogP) is 3.58. The van der Waals surface area contributed by atoms with Gasteiger partial charge >= 0.3 is 0 Å². The molecule has 3 unspecified atom stereocenters. The van der Waals surface area contributed by atoms with Gasteiger partial charge in [-0.05, 0) is 38.5 Å². The molecule has 2 rings (SSSR count). The number of allylic oxidation sites excluding steroid dienone is 2. The summed E-state index contributed by atoms with van der Waals surface area (Å²) in [5.41, 5.74) is 2.13. The summed E-state index contributed by atoms with van der Waals surface area (Å²) in [4.78, 5) is 0. The number of aliphatic hydroxyl groups is 1. The van der Waals surface area contributed by atoms with Crippen molar-refractivity contribution in [1.82, 2.24) is 9.78 Å². The van der Waals surface area contributed by atoms with E-state index in [9.17, 15) is 5.11 Å². The topological polar surface area (TPSA) is 38.0 Å². The van der Waals surface area contributed by atoms with E-state index < -0.39 is 6.10 Å².